The minimum atomic E-state index is -0.327. The Morgan fingerprint density at radius 3 is 2.48 bits per heavy atom. The van der Waals surface area contributed by atoms with Crippen molar-refractivity contribution in [1.82, 2.24) is 10.7 Å². The number of halogens is 3. The third-order valence-corrected chi connectivity index (χ3v) is 7.54. The number of hydrogen-bond donors (Lipinski definition) is 2. The first kappa shape index (κ1) is 22.9. The molecule has 3 atom stereocenters. The number of carbonyl (C=O) groups is 1. The van der Waals surface area contributed by atoms with Crippen LogP contribution in [0.4, 0.5) is 5.69 Å². The lowest BCUT2D eigenvalue weighted by atomic mass is 9.86. The summed E-state index contributed by atoms with van der Waals surface area (Å²) < 4.78 is 1.03. The highest BCUT2D eigenvalue weighted by molar-refractivity contribution is 9.10. The van der Waals surface area contributed by atoms with Gasteiger partial charge in [-0.1, -0.05) is 77.5 Å². The van der Waals surface area contributed by atoms with E-state index in [0.717, 1.165) is 35.0 Å². The number of anilines is 1. The molecule has 31 heavy (non-hydrogen) atoms. The van der Waals surface area contributed by atoms with E-state index in [1.165, 1.54) is 19.3 Å². The van der Waals surface area contributed by atoms with E-state index in [2.05, 4.69) is 50.7 Å². The lowest BCUT2D eigenvalue weighted by Gasteiger charge is -2.29. The van der Waals surface area contributed by atoms with E-state index in [4.69, 9.17) is 23.2 Å². The maximum Gasteiger partial charge on any atom is 0.239 e. The Bertz CT molecular complexity index is 918. The number of hydrogen-bond acceptors (Lipinski definition) is 3. The molecule has 0 spiro atoms. The Morgan fingerprint density at radius 2 is 1.84 bits per heavy atom. The molecule has 7 heteroatoms. The average Bonchev–Trinajstić information content (AvgIpc) is 3.14. The number of rotatable bonds is 5. The van der Waals surface area contributed by atoms with E-state index < -0.39 is 0 Å². The van der Waals surface area contributed by atoms with Crippen LogP contribution in [-0.2, 0) is 4.79 Å². The monoisotopic (exact) mass is 523 g/mol. The zero-order valence-electron chi connectivity index (χ0n) is 17.6. The molecular formula is C24H28BrCl2N3O. The highest BCUT2D eigenvalue weighted by Crippen LogP contribution is 2.43. The van der Waals surface area contributed by atoms with E-state index >= 15 is 0 Å². The first-order chi connectivity index (χ1) is 15.0. The van der Waals surface area contributed by atoms with Gasteiger partial charge < -0.3 is 5.32 Å². The molecule has 3 unspecified atom stereocenters. The quantitative estimate of drug-likeness (QED) is 0.459. The fourth-order valence-electron chi connectivity index (χ4n) is 4.90. The summed E-state index contributed by atoms with van der Waals surface area (Å²) in [6, 6.07) is 13.7. The van der Waals surface area contributed by atoms with Crippen molar-refractivity contribution in [3.8, 4) is 0 Å². The predicted molar refractivity (Wildman–Crippen MR) is 132 cm³/mol. The standard InChI is InChI=1S/C24H28BrCl2N3O/c1-2-19-22(24(31)28-18-6-4-3-5-7-18)29-30(21-13-12-17(26)14-20(21)27)23(19)15-8-10-16(25)11-9-15/h8-14,18-19,22-23,29H,2-7H2,1H3,(H,28,31). The van der Waals surface area contributed by atoms with Crippen LogP contribution in [0.3, 0.4) is 0 Å². The van der Waals surface area contributed by atoms with Crippen molar-refractivity contribution in [2.45, 2.75) is 63.6 Å². The van der Waals surface area contributed by atoms with E-state index in [0.29, 0.717) is 10.0 Å². The molecule has 166 valence electrons. The van der Waals surface area contributed by atoms with Gasteiger partial charge in [-0.2, -0.15) is 0 Å². The molecule has 1 heterocycles. The van der Waals surface area contributed by atoms with Crippen LogP contribution in [0.2, 0.25) is 10.0 Å². The third kappa shape index (κ3) is 5.05. The molecule has 1 aliphatic carbocycles. The SMILES string of the molecule is CCC1C(C(=O)NC2CCCCC2)NN(c2ccc(Cl)cc2Cl)C1c1ccc(Br)cc1. The van der Waals surface area contributed by atoms with Crippen LogP contribution in [0.15, 0.2) is 46.9 Å². The van der Waals surface area contributed by atoms with Crippen LogP contribution >= 0.6 is 39.1 Å². The minimum Gasteiger partial charge on any atom is -0.352 e. The normalized spacial score (nSPS) is 24.4. The summed E-state index contributed by atoms with van der Waals surface area (Å²) in [5.74, 6) is 0.171. The first-order valence-corrected chi connectivity index (χ1v) is 12.6. The van der Waals surface area contributed by atoms with E-state index in [9.17, 15) is 4.79 Å². The number of carbonyl (C=O) groups excluding carboxylic acids is 1. The second-order valence-corrected chi connectivity index (χ2v) is 10.2. The summed E-state index contributed by atoms with van der Waals surface area (Å²) in [6.45, 7) is 2.14. The van der Waals surface area contributed by atoms with Crippen LogP contribution in [0.25, 0.3) is 0 Å². The molecule has 2 aromatic carbocycles. The van der Waals surface area contributed by atoms with Crippen LogP contribution in [0, 0.1) is 5.92 Å². The van der Waals surface area contributed by atoms with Gasteiger partial charge in [-0.3, -0.25) is 9.80 Å². The van der Waals surface area contributed by atoms with Crippen molar-refractivity contribution in [3.05, 3.63) is 62.5 Å². The molecule has 4 rings (SSSR count). The van der Waals surface area contributed by atoms with Gasteiger partial charge in [0.15, 0.2) is 0 Å². The number of benzene rings is 2. The van der Waals surface area contributed by atoms with Gasteiger partial charge in [0.2, 0.25) is 5.91 Å². The van der Waals surface area contributed by atoms with Crippen molar-refractivity contribution in [2.24, 2.45) is 5.92 Å². The largest absolute Gasteiger partial charge is 0.352 e. The van der Waals surface area contributed by atoms with Gasteiger partial charge in [-0.25, -0.2) is 5.43 Å². The topological polar surface area (TPSA) is 44.4 Å². The maximum atomic E-state index is 13.4. The van der Waals surface area contributed by atoms with Crippen molar-refractivity contribution < 1.29 is 4.79 Å². The lowest BCUT2D eigenvalue weighted by Crippen LogP contribution is -2.50. The summed E-state index contributed by atoms with van der Waals surface area (Å²) in [4.78, 5) is 13.4. The summed E-state index contributed by atoms with van der Waals surface area (Å²) >= 11 is 16.3. The fraction of sp³-hybridized carbons (Fsp3) is 0.458. The highest BCUT2D eigenvalue weighted by atomic mass is 79.9. The lowest BCUT2D eigenvalue weighted by molar-refractivity contribution is -0.124. The second-order valence-electron chi connectivity index (χ2n) is 8.48. The fourth-order valence-corrected chi connectivity index (χ4v) is 5.67. The van der Waals surface area contributed by atoms with Crippen LogP contribution in [-0.4, -0.2) is 18.0 Å². The van der Waals surface area contributed by atoms with Crippen molar-refractivity contribution >= 4 is 50.7 Å². The number of hydrazine groups is 1. The summed E-state index contributed by atoms with van der Waals surface area (Å²) in [7, 11) is 0. The summed E-state index contributed by atoms with van der Waals surface area (Å²) in [6.07, 6.45) is 6.64. The van der Waals surface area contributed by atoms with Gasteiger partial charge in [-0.15, -0.1) is 0 Å². The Morgan fingerprint density at radius 1 is 1.13 bits per heavy atom. The Kier molecular flexibility index (Phi) is 7.48. The molecule has 0 radical (unpaired) electrons. The molecular weight excluding hydrogens is 497 g/mol. The molecule has 2 N–H and O–H groups in total. The maximum absolute atomic E-state index is 13.4. The van der Waals surface area contributed by atoms with Crippen LogP contribution in [0.5, 0.6) is 0 Å². The van der Waals surface area contributed by atoms with Gasteiger partial charge >= 0.3 is 0 Å². The Balaban J connectivity index is 1.67. The van der Waals surface area contributed by atoms with Crippen molar-refractivity contribution in [2.75, 3.05) is 5.01 Å². The van der Waals surface area contributed by atoms with E-state index in [1.54, 1.807) is 6.07 Å². The second kappa shape index (κ2) is 10.1. The van der Waals surface area contributed by atoms with Gasteiger partial charge in [-0.05, 0) is 55.2 Å². The molecule has 1 saturated heterocycles. The summed E-state index contributed by atoms with van der Waals surface area (Å²) in [5.41, 5.74) is 5.47. The van der Waals surface area contributed by atoms with Crippen molar-refractivity contribution in [3.63, 3.8) is 0 Å². The first-order valence-electron chi connectivity index (χ1n) is 11.0. The molecule has 4 nitrogen and oxygen atoms in total. The number of nitrogens with zero attached hydrogens (tertiary/aromatic N) is 1. The van der Waals surface area contributed by atoms with E-state index in [1.807, 2.05) is 24.3 Å². The zero-order chi connectivity index (χ0) is 22.0. The molecule has 2 fully saturated rings. The minimum absolute atomic E-state index is 0.0288. The summed E-state index contributed by atoms with van der Waals surface area (Å²) in [5, 5.41) is 6.52. The molecule has 1 amide bonds. The van der Waals surface area contributed by atoms with Crippen LogP contribution in [0.1, 0.15) is 57.1 Å². The Hall–Kier alpha value is -1.27. The Labute approximate surface area is 202 Å². The van der Waals surface area contributed by atoms with Gasteiger partial charge in [0.05, 0.1) is 16.8 Å². The molecule has 0 bridgehead atoms. The molecule has 2 aliphatic rings. The highest BCUT2D eigenvalue weighted by Gasteiger charge is 2.45. The number of nitrogens with one attached hydrogen (secondary N) is 2. The van der Waals surface area contributed by atoms with Gasteiger partial charge in [0.1, 0.15) is 6.04 Å². The third-order valence-electron chi connectivity index (χ3n) is 6.48. The van der Waals surface area contributed by atoms with Crippen LogP contribution < -0.4 is 15.8 Å². The molecule has 1 aliphatic heterocycles. The predicted octanol–water partition coefficient (Wildman–Crippen LogP) is 6.67. The average molecular weight is 525 g/mol. The zero-order valence-corrected chi connectivity index (χ0v) is 20.7. The van der Waals surface area contributed by atoms with Gasteiger partial charge in [0, 0.05) is 21.5 Å². The van der Waals surface area contributed by atoms with Gasteiger partial charge in [0.25, 0.3) is 0 Å². The smallest absolute Gasteiger partial charge is 0.239 e. The van der Waals surface area contributed by atoms with E-state index in [-0.39, 0.29) is 30.0 Å². The molecule has 0 aromatic heterocycles. The molecule has 1 saturated carbocycles. The number of amides is 1. The van der Waals surface area contributed by atoms with Crippen molar-refractivity contribution in [1.29, 1.82) is 0 Å². The molecule has 2 aromatic rings.